The number of aliphatic hydroxyl groups excluding tert-OH is 1. The van der Waals surface area contributed by atoms with E-state index in [1.54, 1.807) is 7.11 Å². The van der Waals surface area contributed by atoms with Gasteiger partial charge in [-0.15, -0.1) is 0 Å². The Morgan fingerprint density at radius 3 is 2.61 bits per heavy atom. The summed E-state index contributed by atoms with van der Waals surface area (Å²) >= 11 is 0. The number of nitrogens with zero attached hydrogens (tertiary/aromatic N) is 1. The molecule has 1 aliphatic rings. The SMILES string of the molecule is CCOC(C)COC(C)COC(O)/C(C#N)=C1\C=C(NCCCOC)CCC1. The third kappa shape index (κ3) is 9.67. The van der Waals surface area contributed by atoms with Crippen LogP contribution in [0.4, 0.5) is 0 Å². The molecule has 0 bridgehead atoms. The summed E-state index contributed by atoms with van der Waals surface area (Å²) in [6, 6.07) is 2.11. The molecule has 0 heterocycles. The molecule has 0 amide bonds. The van der Waals surface area contributed by atoms with Crippen molar-refractivity contribution >= 4 is 0 Å². The second-order valence-electron chi connectivity index (χ2n) is 6.94. The Labute approximate surface area is 169 Å². The number of rotatable bonds is 14. The summed E-state index contributed by atoms with van der Waals surface area (Å²) in [6.45, 7) is 8.59. The molecule has 0 saturated heterocycles. The summed E-state index contributed by atoms with van der Waals surface area (Å²) in [7, 11) is 1.69. The van der Waals surface area contributed by atoms with Crippen LogP contribution in [-0.4, -0.2) is 63.7 Å². The topological polar surface area (TPSA) is 93.0 Å². The molecule has 0 radical (unpaired) electrons. The molecule has 0 aromatic heterocycles. The van der Waals surface area contributed by atoms with Crippen LogP contribution in [-0.2, 0) is 18.9 Å². The van der Waals surface area contributed by atoms with E-state index in [-0.39, 0.29) is 24.4 Å². The molecule has 3 unspecified atom stereocenters. The van der Waals surface area contributed by atoms with Crippen molar-refractivity contribution in [1.29, 1.82) is 5.26 Å². The minimum Gasteiger partial charge on any atom is -0.388 e. The van der Waals surface area contributed by atoms with Crippen LogP contribution >= 0.6 is 0 Å². The highest BCUT2D eigenvalue weighted by Crippen LogP contribution is 2.25. The molecule has 0 aliphatic heterocycles. The minimum atomic E-state index is -1.25. The van der Waals surface area contributed by atoms with E-state index < -0.39 is 6.29 Å². The first kappa shape index (κ1) is 24.6. The molecule has 0 saturated carbocycles. The summed E-state index contributed by atoms with van der Waals surface area (Å²) in [5.74, 6) is 0. The second kappa shape index (κ2) is 14.6. The molecule has 2 N–H and O–H groups in total. The first-order valence-electron chi connectivity index (χ1n) is 10.1. The lowest BCUT2D eigenvalue weighted by Gasteiger charge is -2.22. The molecule has 1 rings (SSSR count). The van der Waals surface area contributed by atoms with Gasteiger partial charge in [0.05, 0.1) is 31.0 Å². The van der Waals surface area contributed by atoms with Gasteiger partial charge in [0.2, 0.25) is 0 Å². The van der Waals surface area contributed by atoms with Crippen LogP contribution < -0.4 is 5.32 Å². The van der Waals surface area contributed by atoms with Crippen molar-refractivity contribution in [2.75, 3.05) is 40.1 Å². The summed E-state index contributed by atoms with van der Waals surface area (Å²) in [6.07, 6.45) is 4.07. The third-order valence-corrected chi connectivity index (χ3v) is 4.39. The van der Waals surface area contributed by atoms with Crippen LogP contribution in [0.2, 0.25) is 0 Å². The van der Waals surface area contributed by atoms with Gasteiger partial charge in [-0.2, -0.15) is 5.26 Å². The largest absolute Gasteiger partial charge is 0.388 e. The average molecular weight is 397 g/mol. The van der Waals surface area contributed by atoms with Crippen LogP contribution in [0, 0.1) is 11.3 Å². The van der Waals surface area contributed by atoms with Crippen LogP contribution in [0.3, 0.4) is 0 Å². The Hall–Kier alpha value is -1.43. The maximum atomic E-state index is 10.4. The van der Waals surface area contributed by atoms with Gasteiger partial charge in [-0.25, -0.2) is 0 Å². The standard InChI is InChI=1S/C21H36N2O5/c1-5-26-16(2)14-27-17(3)15-28-21(24)20(13-22)18-8-6-9-19(12-18)23-10-7-11-25-4/h12,16-17,21,23-24H,5-11,14-15H2,1-4H3/b20-18-. The fourth-order valence-corrected chi connectivity index (χ4v) is 2.92. The Kier molecular flexibility index (Phi) is 12.8. The first-order valence-corrected chi connectivity index (χ1v) is 10.1. The monoisotopic (exact) mass is 396 g/mol. The van der Waals surface area contributed by atoms with E-state index in [1.165, 1.54) is 0 Å². The molecule has 0 aromatic carbocycles. The van der Waals surface area contributed by atoms with Crippen molar-refractivity contribution in [2.24, 2.45) is 0 Å². The van der Waals surface area contributed by atoms with Crippen molar-refractivity contribution in [3.63, 3.8) is 0 Å². The normalized spacial score (nSPS) is 19.4. The predicted octanol–water partition coefficient (Wildman–Crippen LogP) is 2.67. The lowest BCUT2D eigenvalue weighted by molar-refractivity contribution is -0.115. The van der Waals surface area contributed by atoms with E-state index in [9.17, 15) is 10.4 Å². The van der Waals surface area contributed by atoms with Crippen molar-refractivity contribution < 1.29 is 24.1 Å². The van der Waals surface area contributed by atoms with Gasteiger partial charge in [0.15, 0.2) is 6.29 Å². The Morgan fingerprint density at radius 2 is 1.93 bits per heavy atom. The van der Waals surface area contributed by atoms with Gasteiger partial charge in [0, 0.05) is 32.6 Å². The maximum Gasteiger partial charge on any atom is 0.191 e. The van der Waals surface area contributed by atoms with Crippen molar-refractivity contribution in [3.05, 3.63) is 22.9 Å². The van der Waals surface area contributed by atoms with Gasteiger partial charge in [0.1, 0.15) is 6.07 Å². The van der Waals surface area contributed by atoms with Crippen molar-refractivity contribution in [2.45, 2.75) is 65.0 Å². The lowest BCUT2D eigenvalue weighted by atomic mass is 9.95. The Morgan fingerprint density at radius 1 is 1.21 bits per heavy atom. The number of aliphatic hydroxyl groups is 1. The number of hydrogen-bond donors (Lipinski definition) is 2. The smallest absolute Gasteiger partial charge is 0.191 e. The van der Waals surface area contributed by atoms with Gasteiger partial charge >= 0.3 is 0 Å². The van der Waals surface area contributed by atoms with Gasteiger partial charge in [-0.3, -0.25) is 0 Å². The average Bonchev–Trinajstić information content (AvgIpc) is 2.69. The molecule has 28 heavy (non-hydrogen) atoms. The van der Waals surface area contributed by atoms with Crippen molar-refractivity contribution in [3.8, 4) is 6.07 Å². The van der Waals surface area contributed by atoms with Gasteiger partial charge < -0.3 is 29.4 Å². The molecule has 0 aromatic rings. The molecule has 7 heteroatoms. The quantitative estimate of drug-likeness (QED) is 0.265. The van der Waals surface area contributed by atoms with E-state index in [4.69, 9.17) is 18.9 Å². The number of methoxy groups -OCH3 is 1. The molecule has 7 nitrogen and oxygen atoms in total. The van der Waals surface area contributed by atoms with Crippen LogP contribution in [0.5, 0.6) is 0 Å². The van der Waals surface area contributed by atoms with Gasteiger partial charge in [-0.1, -0.05) is 0 Å². The van der Waals surface area contributed by atoms with E-state index in [0.717, 1.165) is 43.5 Å². The zero-order chi connectivity index (χ0) is 20.8. The van der Waals surface area contributed by atoms with Crippen molar-refractivity contribution in [1.82, 2.24) is 5.32 Å². The van der Waals surface area contributed by atoms with E-state index >= 15 is 0 Å². The van der Waals surface area contributed by atoms with Gasteiger partial charge in [-0.05, 0) is 58.1 Å². The predicted molar refractivity (Wildman–Crippen MR) is 108 cm³/mol. The highest BCUT2D eigenvalue weighted by Gasteiger charge is 2.19. The fourth-order valence-electron chi connectivity index (χ4n) is 2.92. The summed E-state index contributed by atoms with van der Waals surface area (Å²) in [5, 5.41) is 23.2. The summed E-state index contributed by atoms with van der Waals surface area (Å²) in [4.78, 5) is 0. The number of hydrogen-bond acceptors (Lipinski definition) is 7. The van der Waals surface area contributed by atoms with E-state index in [0.29, 0.717) is 19.8 Å². The highest BCUT2D eigenvalue weighted by atomic mass is 16.6. The zero-order valence-corrected chi connectivity index (χ0v) is 17.7. The second-order valence-corrected chi connectivity index (χ2v) is 6.94. The summed E-state index contributed by atoms with van der Waals surface area (Å²) < 4.78 is 21.6. The summed E-state index contributed by atoms with van der Waals surface area (Å²) in [5.41, 5.74) is 2.18. The fraction of sp³-hybridized carbons (Fsp3) is 0.762. The highest BCUT2D eigenvalue weighted by molar-refractivity contribution is 5.39. The van der Waals surface area contributed by atoms with E-state index in [2.05, 4.69) is 11.4 Å². The first-order chi connectivity index (χ1) is 13.5. The van der Waals surface area contributed by atoms with E-state index in [1.807, 2.05) is 26.8 Å². The zero-order valence-electron chi connectivity index (χ0n) is 17.7. The lowest BCUT2D eigenvalue weighted by Crippen LogP contribution is -2.27. The molecule has 0 fully saturated rings. The minimum absolute atomic E-state index is 0.0105. The Balaban J connectivity index is 2.55. The Bertz CT molecular complexity index is 541. The molecular weight excluding hydrogens is 360 g/mol. The van der Waals surface area contributed by atoms with Crippen LogP contribution in [0.25, 0.3) is 0 Å². The number of nitriles is 1. The van der Waals surface area contributed by atoms with Crippen LogP contribution in [0.1, 0.15) is 46.5 Å². The third-order valence-electron chi connectivity index (χ3n) is 4.39. The number of nitrogens with one attached hydrogen (secondary N) is 1. The molecular formula is C21H36N2O5. The molecule has 0 spiro atoms. The van der Waals surface area contributed by atoms with Gasteiger partial charge in [0.25, 0.3) is 0 Å². The number of ether oxygens (including phenoxy) is 4. The molecule has 1 aliphatic carbocycles. The molecule has 3 atom stereocenters. The van der Waals surface area contributed by atoms with Crippen LogP contribution in [0.15, 0.2) is 22.9 Å². The number of allylic oxidation sites excluding steroid dienone is 3. The maximum absolute atomic E-state index is 10.4. The molecule has 160 valence electrons.